The van der Waals surface area contributed by atoms with Crippen molar-refractivity contribution in [1.82, 2.24) is 5.32 Å². The Morgan fingerprint density at radius 1 is 1.73 bits per heavy atom. The molecule has 0 bridgehead atoms. The van der Waals surface area contributed by atoms with Crippen molar-refractivity contribution in [2.75, 3.05) is 20.3 Å². The summed E-state index contributed by atoms with van der Waals surface area (Å²) in [5, 5.41) is 3.36. The van der Waals surface area contributed by atoms with Crippen LogP contribution in [0.2, 0.25) is 0 Å². The molecule has 2 aliphatic heterocycles. The summed E-state index contributed by atoms with van der Waals surface area (Å²) in [6.07, 6.45) is 3.15. The van der Waals surface area contributed by atoms with Crippen LogP contribution in [0.25, 0.3) is 0 Å². The second kappa shape index (κ2) is 4.61. The lowest BCUT2D eigenvalue weighted by atomic mass is 10.1. The van der Waals surface area contributed by atoms with Crippen LogP contribution >= 0.6 is 0 Å². The molecular weight excluding hydrogens is 196 g/mol. The van der Waals surface area contributed by atoms with Crippen LogP contribution in [0.4, 0.5) is 0 Å². The molecule has 5 nitrogen and oxygen atoms in total. The minimum atomic E-state index is -0.452. The highest BCUT2D eigenvalue weighted by Crippen LogP contribution is 2.14. The molecule has 1 saturated heterocycles. The second-order valence-electron chi connectivity index (χ2n) is 3.87. The molecule has 2 aliphatic rings. The molecule has 0 amide bonds. The second-order valence-corrected chi connectivity index (χ2v) is 3.87. The smallest absolute Gasteiger partial charge is 0.334 e. The third-order valence-electron chi connectivity index (χ3n) is 2.76. The molecule has 2 unspecified atom stereocenters. The summed E-state index contributed by atoms with van der Waals surface area (Å²) in [7, 11) is 1.37. The van der Waals surface area contributed by atoms with Crippen molar-refractivity contribution in [2.24, 2.45) is 4.99 Å². The molecule has 84 valence electrons. The molecule has 0 saturated carbocycles. The van der Waals surface area contributed by atoms with E-state index in [1.54, 1.807) is 0 Å². The van der Waals surface area contributed by atoms with Crippen LogP contribution in [0.1, 0.15) is 19.3 Å². The zero-order valence-corrected chi connectivity index (χ0v) is 8.86. The highest BCUT2D eigenvalue weighted by atomic mass is 16.5. The van der Waals surface area contributed by atoms with E-state index < -0.39 is 6.04 Å². The Labute approximate surface area is 88.8 Å². The van der Waals surface area contributed by atoms with E-state index in [9.17, 15) is 4.79 Å². The lowest BCUT2D eigenvalue weighted by molar-refractivity contribution is -0.142. The summed E-state index contributed by atoms with van der Waals surface area (Å²) in [6.45, 7) is 1.40. The molecule has 1 N–H and O–H groups in total. The van der Waals surface area contributed by atoms with Crippen LogP contribution in [0.3, 0.4) is 0 Å². The zero-order chi connectivity index (χ0) is 10.7. The van der Waals surface area contributed by atoms with E-state index in [-0.39, 0.29) is 5.97 Å². The Bertz CT molecular complexity index is 272. The maximum absolute atomic E-state index is 11.2. The monoisotopic (exact) mass is 212 g/mol. The maximum atomic E-state index is 11.2. The third kappa shape index (κ3) is 2.47. The first-order chi connectivity index (χ1) is 7.29. The minimum absolute atomic E-state index is 0.315. The minimum Gasteiger partial charge on any atom is -0.478 e. The average Bonchev–Trinajstić information content (AvgIpc) is 2.88. The molecule has 0 spiro atoms. The van der Waals surface area contributed by atoms with E-state index in [0.29, 0.717) is 18.5 Å². The van der Waals surface area contributed by atoms with Gasteiger partial charge in [0.2, 0.25) is 0 Å². The van der Waals surface area contributed by atoms with Gasteiger partial charge in [-0.3, -0.25) is 0 Å². The SMILES string of the molecule is COC(=O)C1COC(CC2CCCN2)=N1. The van der Waals surface area contributed by atoms with Crippen molar-refractivity contribution in [3.8, 4) is 0 Å². The quantitative estimate of drug-likeness (QED) is 0.674. The summed E-state index contributed by atoms with van der Waals surface area (Å²) in [4.78, 5) is 15.4. The fourth-order valence-electron chi connectivity index (χ4n) is 1.93. The predicted molar refractivity (Wildman–Crippen MR) is 54.8 cm³/mol. The topological polar surface area (TPSA) is 59.9 Å². The number of carbonyl (C=O) groups excluding carboxylic acids is 1. The van der Waals surface area contributed by atoms with Gasteiger partial charge in [0.1, 0.15) is 6.61 Å². The third-order valence-corrected chi connectivity index (χ3v) is 2.76. The Morgan fingerprint density at radius 3 is 3.27 bits per heavy atom. The van der Waals surface area contributed by atoms with Gasteiger partial charge in [0.25, 0.3) is 0 Å². The number of rotatable bonds is 3. The van der Waals surface area contributed by atoms with Crippen LogP contribution in [0.5, 0.6) is 0 Å². The van der Waals surface area contributed by atoms with E-state index in [2.05, 4.69) is 15.0 Å². The summed E-state index contributed by atoms with van der Waals surface area (Å²) >= 11 is 0. The first kappa shape index (κ1) is 10.4. The first-order valence-corrected chi connectivity index (χ1v) is 5.30. The summed E-state index contributed by atoms with van der Waals surface area (Å²) < 4.78 is 9.97. The van der Waals surface area contributed by atoms with E-state index in [0.717, 1.165) is 19.4 Å². The van der Waals surface area contributed by atoms with E-state index in [1.807, 2.05) is 0 Å². The number of aliphatic imine (C=N–C) groups is 1. The Hall–Kier alpha value is -1.10. The van der Waals surface area contributed by atoms with Gasteiger partial charge < -0.3 is 14.8 Å². The van der Waals surface area contributed by atoms with Crippen LogP contribution in [0, 0.1) is 0 Å². The number of methoxy groups -OCH3 is 1. The normalized spacial score (nSPS) is 29.8. The maximum Gasteiger partial charge on any atom is 0.334 e. The fraction of sp³-hybridized carbons (Fsp3) is 0.800. The zero-order valence-electron chi connectivity index (χ0n) is 8.86. The fourth-order valence-corrected chi connectivity index (χ4v) is 1.93. The largest absolute Gasteiger partial charge is 0.478 e. The van der Waals surface area contributed by atoms with E-state index in [1.165, 1.54) is 13.5 Å². The van der Waals surface area contributed by atoms with Gasteiger partial charge in [-0.1, -0.05) is 0 Å². The summed E-state index contributed by atoms with van der Waals surface area (Å²) in [6, 6.07) is 0.00606. The molecule has 0 radical (unpaired) electrons. The number of nitrogens with one attached hydrogen (secondary N) is 1. The van der Waals surface area contributed by atoms with Crippen LogP contribution in [-0.2, 0) is 14.3 Å². The molecule has 2 heterocycles. The number of nitrogens with zero attached hydrogens (tertiary/aromatic N) is 1. The number of carbonyl (C=O) groups is 1. The van der Waals surface area contributed by atoms with Gasteiger partial charge >= 0.3 is 5.97 Å². The molecule has 0 aromatic carbocycles. The molecule has 15 heavy (non-hydrogen) atoms. The molecule has 0 aromatic heterocycles. The van der Waals surface area contributed by atoms with Crippen LogP contribution < -0.4 is 5.32 Å². The van der Waals surface area contributed by atoms with Gasteiger partial charge in [-0.25, -0.2) is 9.79 Å². The number of hydrogen-bond acceptors (Lipinski definition) is 5. The Kier molecular flexibility index (Phi) is 3.20. The molecule has 0 aromatic rings. The molecule has 2 atom stereocenters. The standard InChI is InChI=1S/C10H16N2O3/c1-14-10(13)8-6-15-9(12-8)5-7-3-2-4-11-7/h7-8,11H,2-6H2,1H3. The van der Waals surface area contributed by atoms with Gasteiger partial charge in [-0.15, -0.1) is 0 Å². The first-order valence-electron chi connectivity index (χ1n) is 5.30. The van der Waals surface area contributed by atoms with Crippen molar-refractivity contribution in [3.63, 3.8) is 0 Å². The number of ether oxygens (including phenoxy) is 2. The number of esters is 1. The highest BCUT2D eigenvalue weighted by molar-refractivity contribution is 5.85. The highest BCUT2D eigenvalue weighted by Gasteiger charge is 2.28. The molecule has 2 rings (SSSR count). The van der Waals surface area contributed by atoms with Crippen LogP contribution in [0.15, 0.2) is 4.99 Å². The van der Waals surface area contributed by atoms with Gasteiger partial charge in [0, 0.05) is 12.5 Å². The van der Waals surface area contributed by atoms with E-state index in [4.69, 9.17) is 4.74 Å². The van der Waals surface area contributed by atoms with E-state index >= 15 is 0 Å². The lowest BCUT2D eigenvalue weighted by Crippen LogP contribution is -2.24. The predicted octanol–water partition coefficient (Wildman–Crippen LogP) is 0.0988. The van der Waals surface area contributed by atoms with Crippen molar-refractivity contribution < 1.29 is 14.3 Å². The summed E-state index contributed by atoms with van der Waals surface area (Å²) in [5.41, 5.74) is 0. The Balaban J connectivity index is 1.85. The molecular formula is C10H16N2O3. The molecule has 1 fully saturated rings. The molecule has 0 aliphatic carbocycles. The van der Waals surface area contributed by atoms with Crippen LogP contribution in [-0.4, -0.2) is 44.2 Å². The Morgan fingerprint density at radius 2 is 2.60 bits per heavy atom. The van der Waals surface area contributed by atoms with Crippen molar-refractivity contribution >= 4 is 11.9 Å². The molecule has 5 heteroatoms. The lowest BCUT2D eigenvalue weighted by Gasteiger charge is -2.08. The van der Waals surface area contributed by atoms with Gasteiger partial charge in [0.15, 0.2) is 11.9 Å². The number of hydrogen-bond donors (Lipinski definition) is 1. The van der Waals surface area contributed by atoms with Gasteiger partial charge in [-0.2, -0.15) is 0 Å². The van der Waals surface area contributed by atoms with Crippen molar-refractivity contribution in [2.45, 2.75) is 31.3 Å². The average molecular weight is 212 g/mol. The van der Waals surface area contributed by atoms with Gasteiger partial charge in [-0.05, 0) is 19.4 Å². The van der Waals surface area contributed by atoms with Crippen molar-refractivity contribution in [1.29, 1.82) is 0 Å². The van der Waals surface area contributed by atoms with Crippen molar-refractivity contribution in [3.05, 3.63) is 0 Å². The summed E-state index contributed by atoms with van der Waals surface area (Å²) in [5.74, 6) is 0.370. The van der Waals surface area contributed by atoms with Gasteiger partial charge in [0.05, 0.1) is 7.11 Å².